The fourth-order valence-corrected chi connectivity index (χ4v) is 2.79. The second-order valence-electron chi connectivity index (χ2n) is 4.04. The monoisotopic (exact) mass is 336 g/mol. The van der Waals surface area contributed by atoms with E-state index >= 15 is 0 Å². The molecule has 19 heavy (non-hydrogen) atoms. The summed E-state index contributed by atoms with van der Waals surface area (Å²) in [6.07, 6.45) is 0. The van der Waals surface area contributed by atoms with Crippen LogP contribution >= 0.6 is 27.5 Å². The van der Waals surface area contributed by atoms with E-state index in [4.69, 9.17) is 16.9 Å². The fraction of sp³-hybridized carbons (Fsp3) is 0.143. The van der Waals surface area contributed by atoms with Gasteiger partial charge in [0.15, 0.2) is 0 Å². The van der Waals surface area contributed by atoms with Crippen molar-refractivity contribution in [1.29, 1.82) is 5.26 Å². The third-order valence-corrected chi connectivity index (χ3v) is 3.69. The van der Waals surface area contributed by atoms with Gasteiger partial charge in [0.1, 0.15) is 11.6 Å². The van der Waals surface area contributed by atoms with E-state index in [1.807, 2.05) is 24.3 Å². The first-order valence-electron chi connectivity index (χ1n) is 5.53. The number of halogens is 2. The summed E-state index contributed by atoms with van der Waals surface area (Å²) in [5, 5.41) is 10.2. The topological polar surface area (TPSA) is 45.8 Å². The maximum atomic E-state index is 11.9. The van der Waals surface area contributed by atoms with E-state index in [9.17, 15) is 4.79 Å². The van der Waals surface area contributed by atoms with E-state index in [-0.39, 0.29) is 11.1 Å². The van der Waals surface area contributed by atoms with Crippen molar-refractivity contribution in [2.45, 2.75) is 5.33 Å². The maximum absolute atomic E-state index is 11.9. The minimum Gasteiger partial charge on any atom is -0.313 e. The molecule has 0 radical (unpaired) electrons. The van der Waals surface area contributed by atoms with Gasteiger partial charge in [-0.15, -0.1) is 0 Å². The van der Waals surface area contributed by atoms with E-state index in [0.717, 1.165) is 16.8 Å². The van der Waals surface area contributed by atoms with E-state index in [2.05, 4.69) is 15.9 Å². The molecule has 1 aromatic carbocycles. The predicted molar refractivity (Wildman–Crippen MR) is 79.5 cm³/mol. The summed E-state index contributed by atoms with van der Waals surface area (Å²) >= 11 is 9.37. The Labute approximate surface area is 124 Å². The summed E-state index contributed by atoms with van der Waals surface area (Å²) in [6.45, 7) is 0. The van der Waals surface area contributed by atoms with Crippen LogP contribution in [0, 0.1) is 11.3 Å². The standard InChI is InChI=1S/C14H10BrClN2O/c1-18-13(7-15)12(6-10(8-17)14(18)19)9-3-2-4-11(16)5-9/h2-6H,7H2,1H3. The summed E-state index contributed by atoms with van der Waals surface area (Å²) in [5.74, 6) is 0. The Morgan fingerprint density at radius 1 is 1.42 bits per heavy atom. The lowest BCUT2D eigenvalue weighted by atomic mass is 10.0. The van der Waals surface area contributed by atoms with Gasteiger partial charge in [0.2, 0.25) is 0 Å². The molecule has 2 rings (SSSR count). The van der Waals surface area contributed by atoms with Crippen molar-refractivity contribution in [3.63, 3.8) is 0 Å². The number of aromatic nitrogens is 1. The van der Waals surface area contributed by atoms with E-state index in [1.54, 1.807) is 19.2 Å². The van der Waals surface area contributed by atoms with Crippen molar-refractivity contribution in [2.75, 3.05) is 0 Å². The van der Waals surface area contributed by atoms with Crippen LogP contribution in [0.25, 0.3) is 11.1 Å². The van der Waals surface area contributed by atoms with Gasteiger partial charge >= 0.3 is 0 Å². The largest absolute Gasteiger partial charge is 0.313 e. The van der Waals surface area contributed by atoms with Crippen LogP contribution in [0.15, 0.2) is 35.1 Å². The Morgan fingerprint density at radius 3 is 2.74 bits per heavy atom. The molecule has 2 aromatic rings. The summed E-state index contributed by atoms with van der Waals surface area (Å²) in [7, 11) is 1.66. The van der Waals surface area contributed by atoms with Crippen LogP contribution in [0.1, 0.15) is 11.3 Å². The lowest BCUT2D eigenvalue weighted by Gasteiger charge is -2.13. The zero-order valence-corrected chi connectivity index (χ0v) is 12.5. The molecule has 0 saturated carbocycles. The number of rotatable bonds is 2. The predicted octanol–water partition coefficient (Wildman–Crippen LogP) is 3.47. The zero-order chi connectivity index (χ0) is 14.0. The van der Waals surface area contributed by atoms with Gasteiger partial charge in [0, 0.05) is 28.7 Å². The Balaban J connectivity index is 2.80. The van der Waals surface area contributed by atoms with Crippen LogP contribution in [0.4, 0.5) is 0 Å². The normalized spacial score (nSPS) is 10.2. The third-order valence-electron chi connectivity index (χ3n) is 2.92. The summed E-state index contributed by atoms with van der Waals surface area (Å²) in [6, 6.07) is 10.9. The molecule has 0 spiro atoms. The van der Waals surface area contributed by atoms with Gasteiger partial charge in [-0.2, -0.15) is 5.26 Å². The number of nitrogens with zero attached hydrogens (tertiary/aromatic N) is 2. The zero-order valence-electron chi connectivity index (χ0n) is 10.2. The Morgan fingerprint density at radius 2 is 2.16 bits per heavy atom. The van der Waals surface area contributed by atoms with Crippen LogP contribution < -0.4 is 5.56 Å². The number of hydrogen-bond donors (Lipinski definition) is 0. The van der Waals surface area contributed by atoms with Crippen LogP contribution in [-0.4, -0.2) is 4.57 Å². The van der Waals surface area contributed by atoms with Gasteiger partial charge in [0.05, 0.1) is 0 Å². The summed E-state index contributed by atoms with van der Waals surface area (Å²) < 4.78 is 1.49. The van der Waals surface area contributed by atoms with Crippen molar-refractivity contribution in [3.8, 4) is 17.2 Å². The highest BCUT2D eigenvalue weighted by molar-refractivity contribution is 9.08. The Hall–Kier alpha value is -1.57. The molecule has 96 valence electrons. The fourth-order valence-electron chi connectivity index (χ4n) is 1.92. The average molecular weight is 338 g/mol. The van der Waals surface area contributed by atoms with Gasteiger partial charge in [-0.3, -0.25) is 4.79 Å². The second kappa shape index (κ2) is 5.60. The van der Waals surface area contributed by atoms with E-state index in [0.29, 0.717) is 10.4 Å². The first kappa shape index (κ1) is 13.9. The molecule has 0 unspecified atom stereocenters. The molecule has 0 aliphatic heterocycles. The first-order chi connectivity index (χ1) is 9.08. The maximum Gasteiger partial charge on any atom is 0.268 e. The average Bonchev–Trinajstić information content (AvgIpc) is 2.41. The van der Waals surface area contributed by atoms with Crippen LogP contribution in [0.5, 0.6) is 0 Å². The minimum atomic E-state index is -0.289. The lowest BCUT2D eigenvalue weighted by molar-refractivity contribution is 0.813. The van der Waals surface area contributed by atoms with Gasteiger partial charge in [-0.1, -0.05) is 39.7 Å². The number of alkyl halides is 1. The van der Waals surface area contributed by atoms with Crippen molar-refractivity contribution in [1.82, 2.24) is 4.57 Å². The van der Waals surface area contributed by atoms with Crippen molar-refractivity contribution in [3.05, 3.63) is 57.0 Å². The molecule has 0 aliphatic rings. The minimum absolute atomic E-state index is 0.127. The number of hydrogen-bond acceptors (Lipinski definition) is 2. The van der Waals surface area contributed by atoms with Crippen LogP contribution in [0.2, 0.25) is 5.02 Å². The molecule has 0 N–H and O–H groups in total. The molecule has 0 saturated heterocycles. The Kier molecular flexibility index (Phi) is 4.08. The van der Waals surface area contributed by atoms with Gasteiger partial charge in [-0.05, 0) is 23.8 Å². The highest BCUT2D eigenvalue weighted by Crippen LogP contribution is 2.27. The molecular formula is C14H10BrClN2O. The van der Waals surface area contributed by atoms with Crippen LogP contribution in [-0.2, 0) is 12.4 Å². The number of pyridine rings is 1. The Bertz CT molecular complexity index is 731. The van der Waals surface area contributed by atoms with E-state index in [1.165, 1.54) is 4.57 Å². The molecular weight excluding hydrogens is 328 g/mol. The molecule has 5 heteroatoms. The molecule has 1 aromatic heterocycles. The molecule has 0 atom stereocenters. The number of nitriles is 1. The third kappa shape index (κ3) is 2.58. The molecule has 0 aliphatic carbocycles. The first-order valence-corrected chi connectivity index (χ1v) is 7.03. The molecule has 0 fully saturated rings. The second-order valence-corrected chi connectivity index (χ2v) is 5.04. The SMILES string of the molecule is Cn1c(CBr)c(-c2cccc(Cl)c2)cc(C#N)c1=O. The highest BCUT2D eigenvalue weighted by Gasteiger charge is 2.13. The molecule has 0 bridgehead atoms. The van der Waals surface area contributed by atoms with Crippen molar-refractivity contribution in [2.24, 2.45) is 7.05 Å². The molecule has 0 amide bonds. The molecule has 3 nitrogen and oxygen atoms in total. The highest BCUT2D eigenvalue weighted by atomic mass is 79.9. The van der Waals surface area contributed by atoms with E-state index < -0.39 is 0 Å². The molecule has 1 heterocycles. The van der Waals surface area contributed by atoms with Crippen LogP contribution in [0.3, 0.4) is 0 Å². The van der Waals surface area contributed by atoms with Crippen molar-refractivity contribution < 1.29 is 0 Å². The number of benzene rings is 1. The summed E-state index contributed by atoms with van der Waals surface area (Å²) in [4.78, 5) is 11.9. The van der Waals surface area contributed by atoms with Gasteiger partial charge in [-0.25, -0.2) is 0 Å². The lowest BCUT2D eigenvalue weighted by Crippen LogP contribution is -2.23. The van der Waals surface area contributed by atoms with Gasteiger partial charge in [0.25, 0.3) is 5.56 Å². The quantitative estimate of drug-likeness (QED) is 0.788. The van der Waals surface area contributed by atoms with Gasteiger partial charge < -0.3 is 4.57 Å². The smallest absolute Gasteiger partial charge is 0.268 e. The van der Waals surface area contributed by atoms with Crippen molar-refractivity contribution >= 4 is 27.5 Å². The summed E-state index contributed by atoms with van der Waals surface area (Å²) in [5.41, 5.74) is 2.36.